The fourth-order valence-corrected chi connectivity index (χ4v) is 1.91. The maximum absolute atomic E-state index is 11.1. The summed E-state index contributed by atoms with van der Waals surface area (Å²) >= 11 is 0. The van der Waals surface area contributed by atoms with Gasteiger partial charge in [0.1, 0.15) is 5.75 Å². The third-order valence-corrected chi connectivity index (χ3v) is 2.73. The van der Waals surface area contributed by atoms with Gasteiger partial charge in [-0.2, -0.15) is 0 Å². The monoisotopic (exact) mass is 242 g/mol. The summed E-state index contributed by atoms with van der Waals surface area (Å²) in [5.74, 6) is -0.695. The summed E-state index contributed by atoms with van der Waals surface area (Å²) < 4.78 is 24.8. The summed E-state index contributed by atoms with van der Waals surface area (Å²) in [6.45, 7) is 0. The number of nitrogens with zero attached hydrogens (tertiary/aromatic N) is 2. The van der Waals surface area contributed by atoms with Crippen molar-refractivity contribution in [3.05, 3.63) is 39.9 Å². The molecule has 0 aliphatic rings. The number of hydrogen-bond donors (Lipinski definition) is 0. The molecule has 0 aliphatic heterocycles. The van der Waals surface area contributed by atoms with Gasteiger partial charge in [0.2, 0.25) is 0 Å². The molecular weight excluding hydrogens is 236 g/mol. The molecule has 16 heavy (non-hydrogen) atoms. The first-order valence-corrected chi connectivity index (χ1v) is 5.61. The van der Waals surface area contributed by atoms with E-state index in [-0.39, 0.29) is 11.3 Å². The van der Waals surface area contributed by atoms with Gasteiger partial charge in [-0.15, -0.1) is 0 Å². The molecule has 0 spiro atoms. The van der Waals surface area contributed by atoms with Gasteiger partial charge in [-0.3, -0.25) is 10.1 Å². The highest BCUT2D eigenvalue weighted by atomic mass is 32.2. The van der Waals surface area contributed by atoms with Crippen LogP contribution >= 0.6 is 0 Å². The molecule has 7 nitrogen and oxygen atoms in total. The van der Waals surface area contributed by atoms with E-state index < -0.39 is 20.7 Å². The van der Waals surface area contributed by atoms with Crippen molar-refractivity contribution in [3.63, 3.8) is 0 Å². The Labute approximate surface area is 90.6 Å². The number of isocyanates is 1. The van der Waals surface area contributed by atoms with Gasteiger partial charge in [-0.05, 0) is 0 Å². The van der Waals surface area contributed by atoms with E-state index >= 15 is 0 Å². The summed E-state index contributed by atoms with van der Waals surface area (Å²) in [4.78, 5) is 19.7. The summed E-state index contributed by atoms with van der Waals surface area (Å²) in [5.41, 5.74) is -0.348. The Balaban J connectivity index is 3.16. The van der Waals surface area contributed by atoms with Gasteiger partial charge in [0.25, 0.3) is 21.8 Å². The highest BCUT2D eigenvalue weighted by molar-refractivity contribution is 7.89. The average Bonchev–Trinajstić information content (AvgIpc) is 2.17. The zero-order valence-electron chi connectivity index (χ0n) is 7.86. The molecule has 0 saturated heterocycles. The van der Waals surface area contributed by atoms with Crippen molar-refractivity contribution in [3.8, 4) is 0 Å². The van der Waals surface area contributed by atoms with Crippen LogP contribution in [-0.2, 0) is 20.6 Å². The van der Waals surface area contributed by atoms with Crippen molar-refractivity contribution in [2.45, 2.75) is 5.75 Å². The van der Waals surface area contributed by atoms with E-state index in [1.54, 1.807) is 0 Å². The minimum Gasteiger partial charge on any atom is -0.258 e. The number of para-hydroxylation sites is 1. The van der Waals surface area contributed by atoms with Crippen LogP contribution in [0, 0.1) is 10.1 Å². The molecule has 0 aromatic heterocycles. The lowest BCUT2D eigenvalue weighted by Crippen LogP contribution is -2.03. The highest BCUT2D eigenvalue weighted by Gasteiger charge is 2.18. The predicted molar refractivity (Wildman–Crippen MR) is 53.8 cm³/mol. The molecule has 1 rings (SSSR count). The first-order valence-electron chi connectivity index (χ1n) is 4.00. The largest absolute Gasteiger partial charge is 0.273 e. The van der Waals surface area contributed by atoms with E-state index in [0.29, 0.717) is 0 Å². The number of nitro benzene ring substituents is 1. The fourth-order valence-electron chi connectivity index (χ4n) is 1.10. The maximum Gasteiger partial charge on any atom is 0.273 e. The molecule has 0 fully saturated rings. The third kappa shape index (κ3) is 2.97. The van der Waals surface area contributed by atoms with E-state index in [4.69, 9.17) is 0 Å². The van der Waals surface area contributed by atoms with Crippen LogP contribution in [0.4, 0.5) is 5.69 Å². The smallest absolute Gasteiger partial charge is 0.258 e. The molecular formula is C8H6N2O5S. The van der Waals surface area contributed by atoms with Crippen LogP contribution < -0.4 is 0 Å². The average molecular weight is 242 g/mol. The van der Waals surface area contributed by atoms with Gasteiger partial charge in [-0.1, -0.05) is 22.6 Å². The van der Waals surface area contributed by atoms with Crippen LogP contribution in [0.25, 0.3) is 0 Å². The van der Waals surface area contributed by atoms with Gasteiger partial charge < -0.3 is 0 Å². The zero-order chi connectivity index (χ0) is 12.2. The highest BCUT2D eigenvalue weighted by Crippen LogP contribution is 2.20. The third-order valence-electron chi connectivity index (χ3n) is 1.70. The van der Waals surface area contributed by atoms with E-state index in [2.05, 4.69) is 4.40 Å². The van der Waals surface area contributed by atoms with Crippen molar-refractivity contribution in [1.29, 1.82) is 0 Å². The lowest BCUT2D eigenvalue weighted by Gasteiger charge is -1.99. The lowest BCUT2D eigenvalue weighted by atomic mass is 10.2. The van der Waals surface area contributed by atoms with Crippen LogP contribution in [0.1, 0.15) is 5.56 Å². The standard InChI is InChI=1S/C8H6N2O5S/c11-6-9-16(14,15)5-7-3-1-2-4-8(7)10(12)13/h1-4H,5H2. The number of nitro groups is 1. The minimum absolute atomic E-state index is 0.0218. The summed E-state index contributed by atoms with van der Waals surface area (Å²) in [6, 6.07) is 5.34. The Kier molecular flexibility index (Phi) is 3.49. The fraction of sp³-hybridized carbons (Fsp3) is 0.125. The van der Waals surface area contributed by atoms with E-state index in [1.807, 2.05) is 0 Å². The molecule has 84 valence electrons. The molecule has 0 atom stereocenters. The molecule has 0 amide bonds. The first kappa shape index (κ1) is 12.0. The number of hydrogen-bond acceptors (Lipinski definition) is 5. The van der Waals surface area contributed by atoms with Crippen molar-refractivity contribution in [2.24, 2.45) is 4.40 Å². The molecule has 0 radical (unpaired) electrons. The molecule has 8 heteroatoms. The van der Waals surface area contributed by atoms with Gasteiger partial charge >= 0.3 is 0 Å². The Morgan fingerprint density at radius 2 is 2.00 bits per heavy atom. The molecule has 0 aliphatic carbocycles. The summed E-state index contributed by atoms with van der Waals surface area (Å²) in [5, 5.41) is 10.6. The van der Waals surface area contributed by atoms with E-state index in [0.717, 1.165) is 6.08 Å². The maximum atomic E-state index is 11.1. The van der Waals surface area contributed by atoms with Gasteiger partial charge in [0, 0.05) is 11.6 Å². The molecule has 0 N–H and O–H groups in total. The molecule has 0 saturated carbocycles. The number of benzene rings is 1. The molecule has 0 bridgehead atoms. The second-order valence-electron chi connectivity index (χ2n) is 2.79. The molecule has 0 heterocycles. The van der Waals surface area contributed by atoms with E-state index in [9.17, 15) is 23.3 Å². The normalized spacial score (nSPS) is 10.5. The van der Waals surface area contributed by atoms with E-state index in [1.165, 1.54) is 24.3 Å². The first-order chi connectivity index (χ1) is 7.46. The van der Waals surface area contributed by atoms with Crippen LogP contribution in [0.3, 0.4) is 0 Å². The van der Waals surface area contributed by atoms with Crippen LogP contribution in [0.2, 0.25) is 0 Å². The van der Waals surface area contributed by atoms with Crippen molar-refractivity contribution in [1.82, 2.24) is 0 Å². The summed E-state index contributed by atoms with van der Waals surface area (Å²) in [7, 11) is -4.04. The minimum atomic E-state index is -4.04. The SMILES string of the molecule is O=C=NS(=O)(=O)Cc1ccccc1[N+](=O)[O-]. The second-order valence-corrected chi connectivity index (χ2v) is 4.43. The molecule has 0 unspecified atom stereocenters. The second kappa shape index (κ2) is 4.65. The van der Waals surface area contributed by atoms with Crippen LogP contribution in [-0.4, -0.2) is 19.4 Å². The van der Waals surface area contributed by atoms with Crippen molar-refractivity contribution < 1.29 is 18.1 Å². The van der Waals surface area contributed by atoms with Crippen molar-refractivity contribution >= 4 is 21.8 Å². The number of carbonyl (C=O) groups excluding carboxylic acids is 1. The number of rotatable bonds is 4. The summed E-state index contributed by atoms with van der Waals surface area (Å²) in [6.07, 6.45) is 0.894. The van der Waals surface area contributed by atoms with Crippen LogP contribution in [0.5, 0.6) is 0 Å². The topological polar surface area (TPSA) is 107 Å². The van der Waals surface area contributed by atoms with Gasteiger partial charge in [-0.25, -0.2) is 13.2 Å². The quantitative estimate of drug-likeness (QED) is 0.335. The lowest BCUT2D eigenvalue weighted by molar-refractivity contribution is -0.385. The van der Waals surface area contributed by atoms with Gasteiger partial charge in [0.15, 0.2) is 0 Å². The Morgan fingerprint density at radius 1 is 1.38 bits per heavy atom. The van der Waals surface area contributed by atoms with Gasteiger partial charge in [0.05, 0.1) is 4.92 Å². The molecule has 1 aromatic carbocycles. The Morgan fingerprint density at radius 3 is 2.56 bits per heavy atom. The zero-order valence-corrected chi connectivity index (χ0v) is 8.68. The predicted octanol–water partition coefficient (Wildman–Crippen LogP) is 0.760. The number of sulfonamides is 1. The Bertz CT molecular complexity index is 560. The Hall–Kier alpha value is -2.05. The molecule has 1 aromatic rings. The van der Waals surface area contributed by atoms with Crippen LogP contribution in [0.15, 0.2) is 28.7 Å². The van der Waals surface area contributed by atoms with Crippen molar-refractivity contribution in [2.75, 3.05) is 0 Å².